The number of nitriles is 1. The predicted molar refractivity (Wildman–Crippen MR) is 64.0 cm³/mol. The van der Waals surface area contributed by atoms with Crippen molar-refractivity contribution < 1.29 is 9.53 Å². The highest BCUT2D eigenvalue weighted by Crippen LogP contribution is 2.21. The first-order valence-electron chi connectivity index (χ1n) is 6.03. The van der Waals surface area contributed by atoms with Crippen LogP contribution in [0.15, 0.2) is 0 Å². The zero-order valence-corrected chi connectivity index (χ0v) is 10.7. The van der Waals surface area contributed by atoms with Crippen LogP contribution >= 0.6 is 0 Å². The van der Waals surface area contributed by atoms with Gasteiger partial charge in [-0.2, -0.15) is 5.26 Å². The van der Waals surface area contributed by atoms with Crippen LogP contribution in [-0.2, 0) is 9.53 Å². The second kappa shape index (κ2) is 5.99. The molecule has 1 amide bonds. The molecule has 5 heteroatoms. The van der Waals surface area contributed by atoms with Crippen LogP contribution in [0.25, 0.3) is 0 Å². The molecule has 4 atom stereocenters. The number of carbonyl (C=O) groups is 1. The molecule has 0 unspecified atom stereocenters. The lowest BCUT2D eigenvalue weighted by molar-refractivity contribution is -0.134. The van der Waals surface area contributed by atoms with Crippen molar-refractivity contribution in [3.8, 4) is 6.07 Å². The number of nitrogens with zero attached hydrogens (tertiary/aromatic N) is 2. The topological polar surface area (TPSA) is 79.3 Å². The molecular formula is C12H21N3O2. The lowest BCUT2D eigenvalue weighted by atomic mass is 9.99. The van der Waals surface area contributed by atoms with Crippen molar-refractivity contribution in [2.45, 2.75) is 44.9 Å². The van der Waals surface area contributed by atoms with Crippen molar-refractivity contribution >= 4 is 5.91 Å². The van der Waals surface area contributed by atoms with Gasteiger partial charge in [-0.3, -0.25) is 4.79 Å². The van der Waals surface area contributed by atoms with Gasteiger partial charge in [0.2, 0.25) is 5.91 Å². The fourth-order valence-corrected chi connectivity index (χ4v) is 2.02. The van der Waals surface area contributed by atoms with Gasteiger partial charge in [-0.15, -0.1) is 0 Å². The molecule has 1 heterocycles. The van der Waals surface area contributed by atoms with E-state index in [0.29, 0.717) is 13.0 Å². The maximum atomic E-state index is 12.2. The summed E-state index contributed by atoms with van der Waals surface area (Å²) in [5.41, 5.74) is 5.91. The summed E-state index contributed by atoms with van der Waals surface area (Å²) in [6.45, 7) is 4.42. The van der Waals surface area contributed by atoms with Gasteiger partial charge in [0.1, 0.15) is 6.04 Å². The summed E-state index contributed by atoms with van der Waals surface area (Å²) in [5, 5.41) is 9.04. The van der Waals surface area contributed by atoms with Gasteiger partial charge in [0.15, 0.2) is 0 Å². The Labute approximate surface area is 103 Å². The molecule has 1 aliphatic heterocycles. The lowest BCUT2D eigenvalue weighted by Gasteiger charge is -2.26. The predicted octanol–water partition coefficient (Wildman–Crippen LogP) is 0.499. The smallest absolute Gasteiger partial charge is 0.240 e. The van der Waals surface area contributed by atoms with E-state index in [4.69, 9.17) is 15.7 Å². The minimum absolute atomic E-state index is 0.0484. The molecule has 0 radical (unpaired) electrons. The minimum Gasteiger partial charge on any atom is -0.379 e. The molecule has 1 aliphatic rings. The van der Waals surface area contributed by atoms with Crippen LogP contribution in [0.4, 0.5) is 0 Å². The normalized spacial score (nSPS) is 27.6. The van der Waals surface area contributed by atoms with Crippen molar-refractivity contribution in [1.82, 2.24) is 4.90 Å². The number of hydrogen-bond acceptors (Lipinski definition) is 4. The highest BCUT2D eigenvalue weighted by molar-refractivity contribution is 5.83. The summed E-state index contributed by atoms with van der Waals surface area (Å²) in [5.74, 6) is -0.00566. The molecule has 1 fully saturated rings. The average Bonchev–Trinajstić information content (AvgIpc) is 2.79. The molecule has 96 valence electrons. The summed E-state index contributed by atoms with van der Waals surface area (Å²) in [4.78, 5) is 13.7. The van der Waals surface area contributed by atoms with Gasteiger partial charge >= 0.3 is 0 Å². The van der Waals surface area contributed by atoms with Crippen molar-refractivity contribution in [1.29, 1.82) is 5.26 Å². The van der Waals surface area contributed by atoms with Gasteiger partial charge in [-0.05, 0) is 5.92 Å². The summed E-state index contributed by atoms with van der Waals surface area (Å²) < 4.78 is 5.20. The van der Waals surface area contributed by atoms with Crippen molar-refractivity contribution in [2.24, 2.45) is 11.7 Å². The average molecular weight is 239 g/mol. The molecule has 0 aromatic heterocycles. The van der Waals surface area contributed by atoms with Crippen LogP contribution in [-0.4, -0.2) is 42.6 Å². The number of methoxy groups -OCH3 is 1. The number of hydrogen-bond donors (Lipinski definition) is 1. The molecule has 1 rings (SSSR count). The number of carbonyl (C=O) groups excluding carboxylic acids is 1. The first kappa shape index (κ1) is 13.9. The Hall–Kier alpha value is -1.12. The fourth-order valence-electron chi connectivity index (χ4n) is 2.02. The number of likely N-dealkylation sites (tertiary alicyclic amines) is 1. The maximum absolute atomic E-state index is 12.2. The van der Waals surface area contributed by atoms with E-state index in [0.717, 1.165) is 6.42 Å². The summed E-state index contributed by atoms with van der Waals surface area (Å²) >= 11 is 0. The summed E-state index contributed by atoms with van der Waals surface area (Å²) in [7, 11) is 1.60. The molecule has 1 saturated heterocycles. The van der Waals surface area contributed by atoms with Crippen LogP contribution in [0.3, 0.4) is 0 Å². The highest BCUT2D eigenvalue weighted by Gasteiger charge is 2.38. The zero-order chi connectivity index (χ0) is 13.0. The quantitative estimate of drug-likeness (QED) is 0.774. The van der Waals surface area contributed by atoms with Crippen LogP contribution in [0.2, 0.25) is 0 Å². The van der Waals surface area contributed by atoms with E-state index < -0.39 is 12.1 Å². The molecule has 0 bridgehead atoms. The molecule has 0 aliphatic carbocycles. The van der Waals surface area contributed by atoms with E-state index in [9.17, 15) is 4.79 Å². The maximum Gasteiger partial charge on any atom is 0.240 e. The molecule has 0 saturated carbocycles. The lowest BCUT2D eigenvalue weighted by Crippen LogP contribution is -2.48. The van der Waals surface area contributed by atoms with Crippen molar-refractivity contribution in [3.05, 3.63) is 0 Å². The molecule has 0 aromatic rings. The Balaban J connectivity index is 2.71. The number of rotatable bonds is 4. The van der Waals surface area contributed by atoms with Crippen molar-refractivity contribution in [3.63, 3.8) is 0 Å². The SMILES string of the molecule is CC[C@H](C)[C@H](N)C(=O)N1C[C@@H](OC)C[C@H]1C#N. The Morgan fingerprint density at radius 3 is 2.82 bits per heavy atom. The van der Waals surface area contributed by atoms with Crippen LogP contribution in [0, 0.1) is 17.2 Å². The Morgan fingerprint density at radius 2 is 2.35 bits per heavy atom. The second-order valence-electron chi connectivity index (χ2n) is 4.64. The van der Waals surface area contributed by atoms with E-state index in [1.54, 1.807) is 12.0 Å². The standard InChI is InChI=1S/C12H21N3O2/c1-4-8(2)11(14)12(16)15-7-10(17-3)5-9(15)6-13/h8-11H,4-5,7,14H2,1-3H3/t8-,9-,10-,11-/m0/s1. The molecule has 0 spiro atoms. The Morgan fingerprint density at radius 1 is 1.71 bits per heavy atom. The molecule has 17 heavy (non-hydrogen) atoms. The first-order valence-corrected chi connectivity index (χ1v) is 6.03. The highest BCUT2D eigenvalue weighted by atomic mass is 16.5. The van der Waals surface area contributed by atoms with Gasteiger partial charge in [-0.1, -0.05) is 20.3 Å². The van der Waals surface area contributed by atoms with Gasteiger partial charge < -0.3 is 15.4 Å². The number of ether oxygens (including phenoxy) is 1. The molecule has 2 N–H and O–H groups in total. The van der Waals surface area contributed by atoms with Gasteiger partial charge in [0.25, 0.3) is 0 Å². The first-order chi connectivity index (χ1) is 8.04. The Bertz CT molecular complexity index is 313. The third-order valence-electron chi connectivity index (χ3n) is 3.57. The third kappa shape index (κ3) is 2.96. The minimum atomic E-state index is -0.522. The number of amides is 1. The van der Waals surface area contributed by atoms with Gasteiger partial charge in [-0.25, -0.2) is 0 Å². The largest absolute Gasteiger partial charge is 0.379 e. The van der Waals surface area contributed by atoms with E-state index in [-0.39, 0.29) is 17.9 Å². The van der Waals surface area contributed by atoms with Crippen molar-refractivity contribution in [2.75, 3.05) is 13.7 Å². The van der Waals surface area contributed by atoms with E-state index >= 15 is 0 Å². The fraction of sp³-hybridized carbons (Fsp3) is 0.833. The number of nitrogens with two attached hydrogens (primary N) is 1. The van der Waals surface area contributed by atoms with Gasteiger partial charge in [0.05, 0.1) is 18.2 Å². The zero-order valence-electron chi connectivity index (χ0n) is 10.7. The van der Waals surface area contributed by atoms with Crippen LogP contribution in [0.5, 0.6) is 0 Å². The van der Waals surface area contributed by atoms with E-state index in [2.05, 4.69) is 6.07 Å². The van der Waals surface area contributed by atoms with Gasteiger partial charge in [0, 0.05) is 20.1 Å². The third-order valence-corrected chi connectivity index (χ3v) is 3.57. The summed E-state index contributed by atoms with van der Waals surface area (Å²) in [6.07, 6.45) is 1.38. The monoisotopic (exact) mass is 239 g/mol. The van der Waals surface area contributed by atoms with Crippen LogP contribution < -0.4 is 5.73 Å². The molecule has 0 aromatic carbocycles. The van der Waals surface area contributed by atoms with E-state index in [1.165, 1.54) is 0 Å². The summed E-state index contributed by atoms with van der Waals surface area (Å²) in [6, 6.07) is 1.22. The molecule has 5 nitrogen and oxygen atoms in total. The Kier molecular flexibility index (Phi) is 4.91. The van der Waals surface area contributed by atoms with E-state index in [1.807, 2.05) is 13.8 Å². The molecular weight excluding hydrogens is 218 g/mol. The second-order valence-corrected chi connectivity index (χ2v) is 4.64. The van der Waals surface area contributed by atoms with Crippen LogP contribution in [0.1, 0.15) is 26.7 Å².